The summed E-state index contributed by atoms with van der Waals surface area (Å²) in [5.41, 5.74) is 6.32. The van der Waals surface area contributed by atoms with Crippen molar-refractivity contribution in [3.8, 4) is 0 Å². The first-order chi connectivity index (χ1) is 15.5. The van der Waals surface area contributed by atoms with Gasteiger partial charge in [-0.05, 0) is 11.8 Å². The van der Waals surface area contributed by atoms with Crippen LogP contribution in [0.5, 0.6) is 0 Å². The Kier molecular flexibility index (Phi) is 11.9. The van der Waals surface area contributed by atoms with E-state index in [4.69, 9.17) is 5.73 Å². The molecule has 6 atom stereocenters. The fourth-order valence-corrected chi connectivity index (χ4v) is 3.23. The first kappa shape index (κ1) is 28.4. The van der Waals surface area contributed by atoms with Gasteiger partial charge in [0, 0.05) is 24.1 Å². The number of carboxylic acid groups (broad SMARTS) is 1. The number of imidazole rings is 1. The Bertz CT molecular complexity index is 790. The van der Waals surface area contributed by atoms with E-state index in [1.165, 1.54) is 12.5 Å². The van der Waals surface area contributed by atoms with Crippen LogP contribution in [-0.2, 0) is 25.6 Å². The number of carbonyl (C=O) groups is 4. The number of aromatic amines is 1. The zero-order valence-electron chi connectivity index (χ0n) is 19.5. The van der Waals surface area contributed by atoms with Crippen LogP contribution in [0.2, 0.25) is 0 Å². The molecule has 0 spiro atoms. The van der Waals surface area contributed by atoms with Crippen molar-refractivity contribution in [1.82, 2.24) is 25.9 Å². The number of carboxylic acids is 1. The lowest BCUT2D eigenvalue weighted by Gasteiger charge is -2.29. The maximum atomic E-state index is 13.1. The van der Waals surface area contributed by atoms with Crippen molar-refractivity contribution in [3.63, 3.8) is 0 Å². The lowest BCUT2D eigenvalue weighted by molar-refractivity contribution is -0.144. The van der Waals surface area contributed by atoms with E-state index in [2.05, 4.69) is 38.5 Å². The number of nitrogens with two attached hydrogens (primary N) is 1. The van der Waals surface area contributed by atoms with E-state index < -0.39 is 47.9 Å². The summed E-state index contributed by atoms with van der Waals surface area (Å²) >= 11 is 4.01. The number of thiol groups is 1. The molecule has 0 saturated carbocycles. The van der Waals surface area contributed by atoms with E-state index in [9.17, 15) is 24.3 Å². The second-order valence-electron chi connectivity index (χ2n) is 8.21. The van der Waals surface area contributed by atoms with Gasteiger partial charge in [0.15, 0.2) is 0 Å². The molecule has 1 heterocycles. The van der Waals surface area contributed by atoms with Crippen molar-refractivity contribution in [2.24, 2.45) is 17.6 Å². The van der Waals surface area contributed by atoms with Crippen LogP contribution in [0.3, 0.4) is 0 Å². The third-order valence-electron chi connectivity index (χ3n) is 5.72. The van der Waals surface area contributed by atoms with E-state index in [-0.39, 0.29) is 24.0 Å². The molecule has 33 heavy (non-hydrogen) atoms. The number of aromatic nitrogens is 2. The number of hydrogen-bond donors (Lipinski definition) is 7. The SMILES string of the molecule is CCC(C)C(NC(=O)C(NC(=O)C(Cc1cnc[nH]1)NC(=O)C(N)CS)C(C)CC)C(=O)O. The highest BCUT2D eigenvalue weighted by Crippen LogP contribution is 2.13. The molecule has 0 radical (unpaired) electrons. The molecular formula is C21H36N6O5S. The Labute approximate surface area is 199 Å². The summed E-state index contributed by atoms with van der Waals surface area (Å²) in [5, 5.41) is 17.4. The molecule has 186 valence electrons. The van der Waals surface area contributed by atoms with E-state index >= 15 is 0 Å². The van der Waals surface area contributed by atoms with Crippen LogP contribution in [0.4, 0.5) is 0 Å². The third kappa shape index (κ3) is 8.69. The highest BCUT2D eigenvalue weighted by atomic mass is 32.1. The summed E-state index contributed by atoms with van der Waals surface area (Å²) in [6.07, 6.45) is 4.18. The molecule has 6 unspecified atom stereocenters. The fraction of sp³-hybridized carbons (Fsp3) is 0.667. The minimum absolute atomic E-state index is 0.0916. The maximum Gasteiger partial charge on any atom is 0.326 e. The second-order valence-corrected chi connectivity index (χ2v) is 8.58. The zero-order chi connectivity index (χ0) is 25.1. The summed E-state index contributed by atoms with van der Waals surface area (Å²) < 4.78 is 0. The molecule has 0 bridgehead atoms. The number of amides is 3. The molecule has 11 nitrogen and oxygen atoms in total. The van der Waals surface area contributed by atoms with Crippen LogP contribution in [0, 0.1) is 11.8 Å². The summed E-state index contributed by atoms with van der Waals surface area (Å²) in [7, 11) is 0. The number of rotatable bonds is 14. The van der Waals surface area contributed by atoms with Crippen LogP contribution in [0.1, 0.15) is 46.2 Å². The van der Waals surface area contributed by atoms with Gasteiger partial charge in [0.1, 0.15) is 18.1 Å². The zero-order valence-corrected chi connectivity index (χ0v) is 20.4. The van der Waals surface area contributed by atoms with Crippen molar-refractivity contribution in [2.75, 3.05) is 5.75 Å². The minimum atomic E-state index is -1.14. The Morgan fingerprint density at radius 1 is 1.03 bits per heavy atom. The van der Waals surface area contributed by atoms with Gasteiger partial charge in [-0.2, -0.15) is 12.6 Å². The average molecular weight is 485 g/mol. The molecule has 7 N–H and O–H groups in total. The van der Waals surface area contributed by atoms with Gasteiger partial charge < -0.3 is 31.8 Å². The summed E-state index contributed by atoms with van der Waals surface area (Å²) in [6.45, 7) is 7.20. The minimum Gasteiger partial charge on any atom is -0.480 e. The molecule has 0 saturated heterocycles. The number of aliphatic carboxylic acids is 1. The van der Waals surface area contributed by atoms with Gasteiger partial charge in [-0.15, -0.1) is 0 Å². The lowest BCUT2D eigenvalue weighted by Crippen LogP contribution is -2.59. The quantitative estimate of drug-likeness (QED) is 0.179. The molecule has 0 aromatic carbocycles. The van der Waals surface area contributed by atoms with Gasteiger partial charge in [-0.25, -0.2) is 9.78 Å². The average Bonchev–Trinajstić information content (AvgIpc) is 3.31. The van der Waals surface area contributed by atoms with Gasteiger partial charge in [-0.1, -0.05) is 40.5 Å². The van der Waals surface area contributed by atoms with Crippen LogP contribution in [-0.4, -0.2) is 68.7 Å². The molecule has 3 amide bonds. The van der Waals surface area contributed by atoms with E-state index in [1.54, 1.807) is 13.8 Å². The highest BCUT2D eigenvalue weighted by Gasteiger charge is 2.34. The Balaban J connectivity index is 3.08. The van der Waals surface area contributed by atoms with Crippen LogP contribution < -0.4 is 21.7 Å². The van der Waals surface area contributed by atoms with Gasteiger partial charge in [-0.3, -0.25) is 14.4 Å². The van der Waals surface area contributed by atoms with Crippen LogP contribution >= 0.6 is 12.6 Å². The Morgan fingerprint density at radius 3 is 2.09 bits per heavy atom. The number of carbonyl (C=O) groups excluding carboxylic acids is 3. The molecule has 12 heteroatoms. The molecule has 1 aromatic rings. The molecule has 1 aromatic heterocycles. The van der Waals surface area contributed by atoms with E-state index in [1.807, 2.05) is 13.8 Å². The fourth-order valence-electron chi connectivity index (χ4n) is 3.07. The van der Waals surface area contributed by atoms with Crippen LogP contribution in [0.15, 0.2) is 12.5 Å². The molecule has 0 fully saturated rings. The third-order valence-corrected chi connectivity index (χ3v) is 6.11. The van der Waals surface area contributed by atoms with Crippen molar-refractivity contribution in [2.45, 2.75) is 71.1 Å². The summed E-state index contributed by atoms with van der Waals surface area (Å²) in [5.74, 6) is -3.38. The lowest BCUT2D eigenvalue weighted by atomic mass is 9.95. The Morgan fingerprint density at radius 2 is 1.61 bits per heavy atom. The van der Waals surface area contributed by atoms with Crippen molar-refractivity contribution in [3.05, 3.63) is 18.2 Å². The van der Waals surface area contributed by atoms with E-state index in [0.29, 0.717) is 18.5 Å². The first-order valence-corrected chi connectivity index (χ1v) is 11.7. The van der Waals surface area contributed by atoms with Gasteiger partial charge in [0.05, 0.1) is 12.4 Å². The summed E-state index contributed by atoms with van der Waals surface area (Å²) in [4.78, 5) is 56.9. The second kappa shape index (κ2) is 13.8. The standard InChI is InChI=1S/C21H36N6O5S/c1-5-11(3)16(20(30)27-17(21(31)32)12(4)6-2)26-19(29)15(7-13-8-23-10-24-13)25-18(28)14(22)9-33/h8,10-12,14-17,33H,5-7,9,22H2,1-4H3,(H,23,24)(H,25,28)(H,26,29)(H,27,30)(H,31,32). The molecule has 0 aliphatic rings. The Hall–Kier alpha value is -2.60. The van der Waals surface area contributed by atoms with Crippen molar-refractivity contribution >= 4 is 36.3 Å². The number of nitrogens with one attached hydrogen (secondary N) is 4. The normalized spacial score (nSPS) is 16.5. The first-order valence-electron chi connectivity index (χ1n) is 11.0. The summed E-state index contributed by atoms with van der Waals surface area (Å²) in [6, 6.07) is -4.02. The van der Waals surface area contributed by atoms with Crippen LogP contribution in [0.25, 0.3) is 0 Å². The molecule has 0 aliphatic carbocycles. The van der Waals surface area contributed by atoms with Gasteiger partial charge in [0.25, 0.3) is 0 Å². The smallest absolute Gasteiger partial charge is 0.326 e. The number of hydrogen-bond acceptors (Lipinski definition) is 7. The number of nitrogens with zero attached hydrogens (tertiary/aromatic N) is 1. The van der Waals surface area contributed by atoms with E-state index in [0.717, 1.165) is 0 Å². The number of H-pyrrole nitrogens is 1. The van der Waals surface area contributed by atoms with Gasteiger partial charge in [0.2, 0.25) is 17.7 Å². The van der Waals surface area contributed by atoms with Gasteiger partial charge >= 0.3 is 5.97 Å². The maximum absolute atomic E-state index is 13.1. The van der Waals surface area contributed by atoms with Crippen molar-refractivity contribution < 1.29 is 24.3 Å². The monoisotopic (exact) mass is 484 g/mol. The highest BCUT2D eigenvalue weighted by molar-refractivity contribution is 7.80. The largest absolute Gasteiger partial charge is 0.480 e. The predicted octanol–water partition coefficient (Wildman–Crippen LogP) is -0.159. The molecule has 1 rings (SSSR count). The molecule has 0 aliphatic heterocycles. The topological polar surface area (TPSA) is 179 Å². The molecular weight excluding hydrogens is 448 g/mol. The predicted molar refractivity (Wildman–Crippen MR) is 126 cm³/mol. The van der Waals surface area contributed by atoms with Crippen molar-refractivity contribution in [1.29, 1.82) is 0 Å².